The first-order valence-electron chi connectivity index (χ1n) is 16.7. The Balaban J connectivity index is 1.47. The van der Waals surface area contributed by atoms with Crippen molar-refractivity contribution < 1.29 is 27.5 Å². The Labute approximate surface area is 283 Å². The van der Waals surface area contributed by atoms with Gasteiger partial charge in [0.25, 0.3) is 5.91 Å². The first-order chi connectivity index (χ1) is 22.4. The Hall–Kier alpha value is -3.08. The van der Waals surface area contributed by atoms with E-state index in [1.807, 2.05) is 25.1 Å². The molecule has 2 heterocycles. The summed E-state index contributed by atoms with van der Waals surface area (Å²) in [5.74, 6) is -0.156. The fraction of sp³-hybridized carbons (Fsp3) is 0.556. The molecule has 0 unspecified atom stereocenters. The molecule has 2 aromatic carbocycles. The number of hydrogen-bond acceptors (Lipinski definition) is 7. The number of aryl methyl sites for hydroxylation is 1. The summed E-state index contributed by atoms with van der Waals surface area (Å²) in [6, 6.07) is 11.3. The molecule has 6 atom stereocenters. The molecule has 2 N–H and O–H groups in total. The minimum absolute atomic E-state index is 0.0536. The summed E-state index contributed by atoms with van der Waals surface area (Å²) in [5.41, 5.74) is 2.33. The summed E-state index contributed by atoms with van der Waals surface area (Å²) in [6.45, 7) is 5.26. The van der Waals surface area contributed by atoms with Gasteiger partial charge in [0.1, 0.15) is 5.75 Å². The molecule has 1 fully saturated rings. The van der Waals surface area contributed by atoms with Gasteiger partial charge in [0.05, 0.1) is 29.6 Å². The highest BCUT2D eigenvalue weighted by Gasteiger charge is 2.50. The van der Waals surface area contributed by atoms with Crippen LogP contribution in [0.3, 0.4) is 0 Å². The lowest BCUT2D eigenvalue weighted by molar-refractivity contribution is -0.132. The van der Waals surface area contributed by atoms with Crippen molar-refractivity contribution in [2.24, 2.45) is 17.8 Å². The fourth-order valence-corrected chi connectivity index (χ4v) is 9.65. The maximum atomic E-state index is 13.5. The van der Waals surface area contributed by atoms with E-state index in [2.05, 4.69) is 27.1 Å². The van der Waals surface area contributed by atoms with Crippen LogP contribution in [0, 0.1) is 17.8 Å². The SMILES string of the molecule is CNC(=O)C[C@]1(OC)/C=C\C[C@H](C)[C@@H](C)S(=O)(=O)NC(=O)c2ccc3c(c2)N(C[C@@H]2CC[C@H]21)C[C@@]1(CCCc2cc(Cl)ccc21)CO3. The number of halogens is 1. The van der Waals surface area contributed by atoms with E-state index in [1.165, 1.54) is 11.1 Å². The second-order valence-electron chi connectivity index (χ2n) is 14.0. The van der Waals surface area contributed by atoms with E-state index in [1.54, 1.807) is 39.3 Å². The van der Waals surface area contributed by atoms with Gasteiger partial charge < -0.3 is 19.7 Å². The molecule has 9 nitrogen and oxygen atoms in total. The van der Waals surface area contributed by atoms with Crippen molar-refractivity contribution in [3.63, 3.8) is 0 Å². The predicted octanol–water partition coefficient (Wildman–Crippen LogP) is 5.40. The first kappa shape index (κ1) is 33.8. The number of ether oxygens (including phenoxy) is 2. The normalized spacial score (nSPS) is 32.4. The molecule has 6 rings (SSSR count). The van der Waals surface area contributed by atoms with Gasteiger partial charge in [0.2, 0.25) is 15.9 Å². The van der Waals surface area contributed by atoms with Gasteiger partial charge in [-0.15, -0.1) is 0 Å². The molecular weight excluding hydrogens is 638 g/mol. The smallest absolute Gasteiger partial charge is 0.264 e. The number of nitrogens with zero attached hydrogens (tertiary/aromatic N) is 1. The lowest BCUT2D eigenvalue weighted by Gasteiger charge is -2.50. The molecule has 0 radical (unpaired) electrons. The standard InChI is InChI=1S/C36H46ClN3O6S/c1-23-7-5-16-36(45-4,19-33(41)38-3)30-12-9-27(30)20-40-21-35(15-6-8-25-17-28(37)11-13-29(25)35)22-46-32-14-10-26(18-31(32)40)34(42)39-47(43,44)24(23)2/h5,10-11,13-14,16-18,23-24,27,30H,6-9,12,15,19-22H2,1-4H3,(H,38,41)(H,39,42)/b16-5-/t23-,24+,27-,30+,35-,36+/m0/s1. The molecule has 254 valence electrons. The van der Waals surface area contributed by atoms with Crippen LogP contribution in [0.5, 0.6) is 5.75 Å². The fourth-order valence-electron chi connectivity index (χ4n) is 8.17. The van der Waals surface area contributed by atoms with E-state index < -0.39 is 26.8 Å². The maximum absolute atomic E-state index is 13.5. The highest BCUT2D eigenvalue weighted by Crippen LogP contribution is 2.50. The molecule has 1 saturated carbocycles. The molecule has 2 bridgehead atoms. The largest absolute Gasteiger partial charge is 0.490 e. The van der Waals surface area contributed by atoms with E-state index in [4.69, 9.17) is 21.1 Å². The van der Waals surface area contributed by atoms with Crippen LogP contribution in [0.1, 0.15) is 73.9 Å². The average Bonchev–Trinajstić information content (AvgIpc) is 3.18. The van der Waals surface area contributed by atoms with Crippen LogP contribution in [0.25, 0.3) is 0 Å². The van der Waals surface area contributed by atoms with Crippen molar-refractivity contribution >= 4 is 39.1 Å². The third-order valence-corrected chi connectivity index (χ3v) is 13.5. The number of anilines is 1. The quantitative estimate of drug-likeness (QED) is 0.417. The highest BCUT2D eigenvalue weighted by atomic mass is 35.5. The summed E-state index contributed by atoms with van der Waals surface area (Å²) in [4.78, 5) is 28.7. The Morgan fingerprint density at radius 2 is 2.00 bits per heavy atom. The molecule has 4 aliphatic rings. The minimum atomic E-state index is -3.99. The second kappa shape index (κ2) is 13.1. The van der Waals surface area contributed by atoms with E-state index in [0.717, 1.165) is 42.8 Å². The van der Waals surface area contributed by atoms with Crippen LogP contribution in [0.2, 0.25) is 5.02 Å². The zero-order chi connectivity index (χ0) is 33.6. The lowest BCUT2D eigenvalue weighted by Crippen LogP contribution is -2.54. The van der Waals surface area contributed by atoms with Crippen LogP contribution in [0.15, 0.2) is 48.6 Å². The summed E-state index contributed by atoms with van der Waals surface area (Å²) in [7, 11) is -0.695. The van der Waals surface area contributed by atoms with Gasteiger partial charge in [-0.1, -0.05) is 36.7 Å². The van der Waals surface area contributed by atoms with Crippen molar-refractivity contribution in [1.29, 1.82) is 0 Å². The molecule has 0 aromatic heterocycles. The van der Waals surface area contributed by atoms with Crippen molar-refractivity contribution in [3.8, 4) is 5.75 Å². The van der Waals surface area contributed by atoms with Crippen LogP contribution >= 0.6 is 11.6 Å². The number of methoxy groups -OCH3 is 1. The van der Waals surface area contributed by atoms with Gasteiger partial charge in [-0.25, -0.2) is 13.1 Å². The number of hydrogen-bond donors (Lipinski definition) is 2. The molecule has 0 saturated heterocycles. The van der Waals surface area contributed by atoms with Crippen LogP contribution in [0.4, 0.5) is 5.69 Å². The van der Waals surface area contributed by atoms with Gasteiger partial charge in [-0.05, 0) is 105 Å². The number of benzene rings is 2. The average molecular weight is 684 g/mol. The highest BCUT2D eigenvalue weighted by molar-refractivity contribution is 7.90. The zero-order valence-electron chi connectivity index (χ0n) is 27.7. The molecule has 2 amide bonds. The Morgan fingerprint density at radius 3 is 2.72 bits per heavy atom. The topological polar surface area (TPSA) is 114 Å². The number of fused-ring (bicyclic) bond motifs is 4. The lowest BCUT2D eigenvalue weighted by atomic mass is 9.62. The van der Waals surface area contributed by atoms with Crippen molar-refractivity contribution in [1.82, 2.24) is 10.0 Å². The second-order valence-corrected chi connectivity index (χ2v) is 16.5. The number of carbonyl (C=O) groups is 2. The summed E-state index contributed by atoms with van der Waals surface area (Å²) in [6.07, 6.45) is 9.29. The molecule has 11 heteroatoms. The van der Waals surface area contributed by atoms with Gasteiger partial charge >= 0.3 is 0 Å². The van der Waals surface area contributed by atoms with E-state index >= 15 is 0 Å². The predicted molar refractivity (Wildman–Crippen MR) is 184 cm³/mol. The third kappa shape index (κ3) is 6.41. The van der Waals surface area contributed by atoms with Crippen molar-refractivity contribution in [3.05, 3.63) is 70.3 Å². The molecule has 47 heavy (non-hydrogen) atoms. The van der Waals surface area contributed by atoms with Crippen molar-refractivity contribution in [2.75, 3.05) is 38.8 Å². The number of nitrogens with one attached hydrogen (secondary N) is 2. The molecule has 1 spiro atoms. The van der Waals surface area contributed by atoms with Gasteiger partial charge in [0.15, 0.2) is 0 Å². The molecule has 2 aliphatic heterocycles. The Kier molecular flexibility index (Phi) is 9.41. The maximum Gasteiger partial charge on any atom is 0.264 e. The van der Waals surface area contributed by atoms with Crippen molar-refractivity contribution in [2.45, 2.75) is 75.1 Å². The minimum Gasteiger partial charge on any atom is -0.490 e. The van der Waals surface area contributed by atoms with Crippen LogP contribution in [-0.2, 0) is 31.4 Å². The van der Waals surface area contributed by atoms with Gasteiger partial charge in [-0.3, -0.25) is 9.59 Å². The third-order valence-electron chi connectivity index (χ3n) is 11.3. The molecule has 2 aliphatic carbocycles. The number of rotatable bonds is 3. The zero-order valence-corrected chi connectivity index (χ0v) is 29.3. The van der Waals surface area contributed by atoms with Crippen LogP contribution < -0.4 is 19.7 Å². The van der Waals surface area contributed by atoms with Gasteiger partial charge in [0, 0.05) is 43.2 Å². The Bertz CT molecular complexity index is 1680. The van der Waals surface area contributed by atoms with E-state index in [-0.39, 0.29) is 41.1 Å². The summed E-state index contributed by atoms with van der Waals surface area (Å²) in [5, 5.41) is 2.66. The molecular formula is C36H46ClN3O6S. The van der Waals surface area contributed by atoms with E-state index in [9.17, 15) is 18.0 Å². The number of allylic oxidation sites excluding steroid dienone is 1. The summed E-state index contributed by atoms with van der Waals surface area (Å²) >= 11 is 6.43. The number of sulfonamides is 1. The van der Waals surface area contributed by atoms with Gasteiger partial charge in [-0.2, -0.15) is 0 Å². The number of carbonyl (C=O) groups excluding carboxylic acids is 2. The number of amides is 2. The summed E-state index contributed by atoms with van der Waals surface area (Å²) < 4.78 is 42.0. The van der Waals surface area contributed by atoms with Crippen LogP contribution in [-0.4, -0.2) is 64.9 Å². The van der Waals surface area contributed by atoms with E-state index in [0.29, 0.717) is 31.9 Å². The monoisotopic (exact) mass is 683 g/mol. The molecule has 2 aromatic rings. The first-order valence-corrected chi connectivity index (χ1v) is 18.6. The Morgan fingerprint density at radius 1 is 1.19 bits per heavy atom.